The van der Waals surface area contributed by atoms with E-state index in [-0.39, 0.29) is 5.56 Å². The summed E-state index contributed by atoms with van der Waals surface area (Å²) in [4.78, 5) is 23.4. The zero-order valence-corrected chi connectivity index (χ0v) is 17.0. The molecule has 5 rings (SSSR count). The smallest absolute Gasteiger partial charge is 0.265 e. The van der Waals surface area contributed by atoms with E-state index in [2.05, 4.69) is 27.0 Å². The number of ether oxygens (including phenoxy) is 1. The van der Waals surface area contributed by atoms with Crippen molar-refractivity contribution in [2.45, 2.75) is 13.5 Å². The molecule has 0 radical (unpaired) electrons. The van der Waals surface area contributed by atoms with E-state index < -0.39 is 0 Å². The summed E-state index contributed by atoms with van der Waals surface area (Å²) < 4.78 is 7.09. The van der Waals surface area contributed by atoms with Crippen LogP contribution in [0.5, 0.6) is 0 Å². The number of hydrogen-bond donors (Lipinski definition) is 1. The van der Waals surface area contributed by atoms with Gasteiger partial charge in [0.2, 0.25) is 0 Å². The molecule has 152 valence electrons. The lowest BCUT2D eigenvalue weighted by molar-refractivity contribution is 0.0342. The molecule has 2 aromatic heterocycles. The van der Waals surface area contributed by atoms with Gasteiger partial charge in [-0.1, -0.05) is 18.2 Å². The minimum atomic E-state index is -0.0434. The molecule has 6 heteroatoms. The lowest BCUT2D eigenvalue weighted by Gasteiger charge is -2.26. The highest BCUT2D eigenvalue weighted by atomic mass is 16.5. The quantitative estimate of drug-likeness (QED) is 0.569. The maximum atomic E-state index is 13.4. The van der Waals surface area contributed by atoms with Crippen molar-refractivity contribution in [1.82, 2.24) is 19.4 Å². The zero-order valence-electron chi connectivity index (χ0n) is 17.0. The van der Waals surface area contributed by atoms with E-state index in [4.69, 9.17) is 4.74 Å². The number of aryl methyl sites for hydroxylation is 1. The lowest BCUT2D eigenvalue weighted by atomic mass is 10.0. The van der Waals surface area contributed by atoms with E-state index in [0.29, 0.717) is 5.39 Å². The Morgan fingerprint density at radius 2 is 1.93 bits per heavy atom. The van der Waals surface area contributed by atoms with Gasteiger partial charge in [-0.3, -0.25) is 14.3 Å². The Kier molecular flexibility index (Phi) is 4.94. The second-order valence-corrected chi connectivity index (χ2v) is 7.76. The third-order valence-corrected chi connectivity index (χ3v) is 5.73. The highest BCUT2D eigenvalue weighted by molar-refractivity contribution is 5.78. The van der Waals surface area contributed by atoms with Crippen molar-refractivity contribution in [2.75, 3.05) is 26.3 Å². The predicted molar refractivity (Wildman–Crippen MR) is 118 cm³/mol. The normalized spacial score (nSPS) is 15.0. The van der Waals surface area contributed by atoms with Crippen molar-refractivity contribution in [3.63, 3.8) is 0 Å². The molecule has 1 fully saturated rings. The third kappa shape index (κ3) is 3.56. The molecular weight excluding hydrogens is 376 g/mol. The molecule has 0 spiro atoms. The van der Waals surface area contributed by atoms with Gasteiger partial charge in [-0.2, -0.15) is 0 Å². The summed E-state index contributed by atoms with van der Waals surface area (Å²) in [5, 5.41) is 0.648. The molecule has 2 aromatic carbocycles. The molecule has 1 aliphatic heterocycles. The standard InChI is InChI=1S/C24H24N4O2/c1-17-2-4-19(20-6-7-25-14-20)13-23(17)28-16-26-22-5-3-18(12-21(22)24(28)29)15-27-8-10-30-11-9-27/h2-7,12-14,16,25H,8-11,15H2,1H3. The fraction of sp³-hybridized carbons (Fsp3) is 0.250. The van der Waals surface area contributed by atoms with E-state index in [1.165, 1.54) is 0 Å². The van der Waals surface area contributed by atoms with E-state index in [1.54, 1.807) is 10.9 Å². The van der Waals surface area contributed by atoms with E-state index in [0.717, 1.165) is 66.3 Å². The average molecular weight is 400 g/mol. The van der Waals surface area contributed by atoms with Crippen molar-refractivity contribution in [1.29, 1.82) is 0 Å². The summed E-state index contributed by atoms with van der Waals surface area (Å²) in [6.07, 6.45) is 5.48. The van der Waals surface area contributed by atoms with Crippen LogP contribution in [0.4, 0.5) is 0 Å². The minimum absolute atomic E-state index is 0.0434. The molecule has 1 aliphatic rings. The number of rotatable bonds is 4. The Hall–Kier alpha value is -3.22. The molecule has 3 heterocycles. The molecule has 1 N–H and O–H groups in total. The number of hydrogen-bond acceptors (Lipinski definition) is 4. The van der Waals surface area contributed by atoms with E-state index in [1.807, 2.05) is 49.6 Å². The maximum Gasteiger partial charge on any atom is 0.265 e. The first-order valence-corrected chi connectivity index (χ1v) is 10.2. The zero-order chi connectivity index (χ0) is 20.5. The molecule has 30 heavy (non-hydrogen) atoms. The molecular formula is C24H24N4O2. The van der Waals surface area contributed by atoms with Gasteiger partial charge in [-0.25, -0.2) is 4.98 Å². The summed E-state index contributed by atoms with van der Waals surface area (Å²) in [5.74, 6) is 0. The fourth-order valence-electron chi connectivity index (χ4n) is 4.01. The van der Waals surface area contributed by atoms with Crippen LogP contribution in [0.25, 0.3) is 27.7 Å². The van der Waals surface area contributed by atoms with Crippen molar-refractivity contribution in [3.05, 3.63) is 82.7 Å². The summed E-state index contributed by atoms with van der Waals surface area (Å²) in [6.45, 7) is 6.19. The van der Waals surface area contributed by atoms with Gasteiger partial charge in [-0.15, -0.1) is 0 Å². The van der Waals surface area contributed by atoms with Crippen LogP contribution in [0.3, 0.4) is 0 Å². The van der Waals surface area contributed by atoms with Gasteiger partial charge >= 0.3 is 0 Å². The number of H-pyrrole nitrogens is 1. The largest absolute Gasteiger partial charge is 0.379 e. The van der Waals surface area contributed by atoms with Crippen molar-refractivity contribution >= 4 is 10.9 Å². The first-order valence-electron chi connectivity index (χ1n) is 10.2. The topological polar surface area (TPSA) is 63.1 Å². The number of morpholine rings is 1. The summed E-state index contributed by atoms with van der Waals surface area (Å²) in [7, 11) is 0. The van der Waals surface area contributed by atoms with E-state index in [9.17, 15) is 4.79 Å². The monoisotopic (exact) mass is 400 g/mol. The molecule has 4 aromatic rings. The molecule has 0 unspecified atom stereocenters. The second-order valence-electron chi connectivity index (χ2n) is 7.76. The number of fused-ring (bicyclic) bond motifs is 1. The number of nitrogens with zero attached hydrogens (tertiary/aromatic N) is 3. The fourth-order valence-corrected chi connectivity index (χ4v) is 4.01. The first kappa shape index (κ1) is 18.8. The van der Waals surface area contributed by atoms with Crippen molar-refractivity contribution < 1.29 is 4.74 Å². The van der Waals surface area contributed by atoms with Gasteiger partial charge in [0.25, 0.3) is 5.56 Å². The highest BCUT2D eigenvalue weighted by Crippen LogP contribution is 2.24. The van der Waals surface area contributed by atoms with Crippen LogP contribution in [-0.4, -0.2) is 45.7 Å². The van der Waals surface area contributed by atoms with Crippen LogP contribution in [0.2, 0.25) is 0 Å². The maximum absolute atomic E-state index is 13.4. The summed E-state index contributed by atoms with van der Waals surface area (Å²) >= 11 is 0. The molecule has 1 saturated heterocycles. The van der Waals surface area contributed by atoms with Gasteiger partial charge in [0, 0.05) is 32.0 Å². The SMILES string of the molecule is Cc1ccc(-c2cc[nH]c2)cc1-n1cnc2ccc(CN3CCOCC3)cc2c1=O. The van der Waals surface area contributed by atoms with E-state index >= 15 is 0 Å². The van der Waals surface area contributed by atoms with Crippen LogP contribution in [0.1, 0.15) is 11.1 Å². The Bertz CT molecular complexity index is 1240. The van der Waals surface area contributed by atoms with Crippen LogP contribution >= 0.6 is 0 Å². The van der Waals surface area contributed by atoms with Crippen LogP contribution in [0, 0.1) is 6.92 Å². The highest BCUT2D eigenvalue weighted by Gasteiger charge is 2.13. The number of benzene rings is 2. The van der Waals surface area contributed by atoms with Crippen LogP contribution < -0.4 is 5.56 Å². The Labute approximate surface area is 174 Å². The van der Waals surface area contributed by atoms with Crippen molar-refractivity contribution in [3.8, 4) is 16.8 Å². The molecule has 0 atom stereocenters. The lowest BCUT2D eigenvalue weighted by Crippen LogP contribution is -2.35. The van der Waals surface area contributed by atoms with Crippen LogP contribution in [0.15, 0.2) is 66.0 Å². The Morgan fingerprint density at radius 3 is 2.73 bits per heavy atom. The number of aromatic nitrogens is 3. The summed E-state index contributed by atoms with van der Waals surface area (Å²) in [6, 6.07) is 14.2. The average Bonchev–Trinajstić information content (AvgIpc) is 3.31. The number of aromatic amines is 1. The van der Waals surface area contributed by atoms with Crippen molar-refractivity contribution in [2.24, 2.45) is 0 Å². The minimum Gasteiger partial charge on any atom is -0.379 e. The predicted octanol–water partition coefficient (Wildman–Crippen LogP) is 3.52. The van der Waals surface area contributed by atoms with Gasteiger partial charge < -0.3 is 9.72 Å². The molecule has 0 saturated carbocycles. The molecule has 0 amide bonds. The Morgan fingerprint density at radius 1 is 1.07 bits per heavy atom. The Balaban J connectivity index is 1.56. The van der Waals surface area contributed by atoms with Gasteiger partial charge in [0.15, 0.2) is 0 Å². The first-order chi connectivity index (χ1) is 14.7. The van der Waals surface area contributed by atoms with Gasteiger partial charge in [0.05, 0.1) is 29.8 Å². The molecule has 6 nitrogen and oxygen atoms in total. The summed E-state index contributed by atoms with van der Waals surface area (Å²) in [5.41, 5.74) is 5.84. The van der Waals surface area contributed by atoms with Crippen LogP contribution in [-0.2, 0) is 11.3 Å². The molecule has 0 bridgehead atoms. The number of nitrogens with one attached hydrogen (secondary N) is 1. The molecule has 0 aliphatic carbocycles. The van der Waals surface area contributed by atoms with Gasteiger partial charge in [0.1, 0.15) is 6.33 Å². The second kappa shape index (κ2) is 7.89. The van der Waals surface area contributed by atoms with Gasteiger partial charge in [-0.05, 0) is 53.4 Å². The third-order valence-electron chi connectivity index (χ3n) is 5.73.